The quantitative estimate of drug-likeness (QED) is 0.798. The first-order valence-electron chi connectivity index (χ1n) is 5.08. The van der Waals surface area contributed by atoms with Crippen LogP contribution in [0.3, 0.4) is 0 Å². The number of aromatic nitrogens is 3. The standard InChI is InChI=1S/C11H15N3S/c1-8(2)10-7-15-11(13-10)6-14-5-9(3)4-12-14/h4-5,7-8H,6H2,1-3H3. The van der Waals surface area contributed by atoms with E-state index >= 15 is 0 Å². The maximum Gasteiger partial charge on any atom is 0.114 e. The van der Waals surface area contributed by atoms with Crippen molar-refractivity contribution >= 4 is 11.3 Å². The fourth-order valence-electron chi connectivity index (χ4n) is 1.35. The summed E-state index contributed by atoms with van der Waals surface area (Å²) in [5.41, 5.74) is 2.37. The molecule has 0 fully saturated rings. The summed E-state index contributed by atoms with van der Waals surface area (Å²) in [6.07, 6.45) is 3.91. The highest BCUT2D eigenvalue weighted by molar-refractivity contribution is 7.09. The molecule has 0 aliphatic heterocycles. The monoisotopic (exact) mass is 221 g/mol. The van der Waals surface area contributed by atoms with Crippen molar-refractivity contribution in [2.24, 2.45) is 0 Å². The molecular formula is C11H15N3S. The van der Waals surface area contributed by atoms with Gasteiger partial charge >= 0.3 is 0 Å². The number of hydrogen-bond acceptors (Lipinski definition) is 3. The van der Waals surface area contributed by atoms with Gasteiger partial charge in [-0.3, -0.25) is 4.68 Å². The molecule has 0 N–H and O–H groups in total. The van der Waals surface area contributed by atoms with Crippen LogP contribution in [0.1, 0.15) is 36.0 Å². The van der Waals surface area contributed by atoms with Crippen molar-refractivity contribution < 1.29 is 0 Å². The molecule has 0 unspecified atom stereocenters. The average molecular weight is 221 g/mol. The van der Waals surface area contributed by atoms with Crippen molar-refractivity contribution in [3.8, 4) is 0 Å². The van der Waals surface area contributed by atoms with Crippen LogP contribution in [0.25, 0.3) is 0 Å². The minimum atomic E-state index is 0.509. The Labute approximate surface area is 93.8 Å². The fraction of sp³-hybridized carbons (Fsp3) is 0.455. The van der Waals surface area contributed by atoms with Crippen LogP contribution in [-0.4, -0.2) is 14.8 Å². The average Bonchev–Trinajstić information content (AvgIpc) is 2.76. The molecule has 2 rings (SSSR count). The first-order valence-corrected chi connectivity index (χ1v) is 5.96. The molecule has 0 saturated heterocycles. The van der Waals surface area contributed by atoms with Crippen molar-refractivity contribution in [2.75, 3.05) is 0 Å². The molecule has 0 saturated carbocycles. The van der Waals surface area contributed by atoms with E-state index in [4.69, 9.17) is 0 Å². The Morgan fingerprint density at radius 3 is 2.80 bits per heavy atom. The van der Waals surface area contributed by atoms with Crippen LogP contribution >= 0.6 is 11.3 Å². The van der Waals surface area contributed by atoms with Crippen LogP contribution < -0.4 is 0 Å². The van der Waals surface area contributed by atoms with E-state index in [1.165, 1.54) is 11.3 Å². The molecule has 4 heteroatoms. The molecule has 15 heavy (non-hydrogen) atoms. The van der Waals surface area contributed by atoms with Crippen LogP contribution in [0, 0.1) is 6.92 Å². The highest BCUT2D eigenvalue weighted by atomic mass is 32.1. The molecule has 2 aromatic rings. The van der Waals surface area contributed by atoms with Gasteiger partial charge < -0.3 is 0 Å². The maximum atomic E-state index is 4.57. The second-order valence-electron chi connectivity index (χ2n) is 4.04. The Morgan fingerprint density at radius 1 is 1.47 bits per heavy atom. The van der Waals surface area contributed by atoms with Crippen molar-refractivity contribution in [1.29, 1.82) is 0 Å². The third-order valence-corrected chi connectivity index (χ3v) is 3.07. The SMILES string of the molecule is Cc1cnn(Cc2nc(C(C)C)cs2)c1. The van der Waals surface area contributed by atoms with Crippen LogP contribution in [0.5, 0.6) is 0 Å². The van der Waals surface area contributed by atoms with Gasteiger partial charge in [-0.2, -0.15) is 5.10 Å². The van der Waals surface area contributed by atoms with Crippen molar-refractivity contribution in [1.82, 2.24) is 14.8 Å². The lowest BCUT2D eigenvalue weighted by Gasteiger charge is -1.98. The Bertz CT molecular complexity index is 442. The zero-order valence-corrected chi connectivity index (χ0v) is 10.1. The van der Waals surface area contributed by atoms with Crippen LogP contribution in [0.15, 0.2) is 17.8 Å². The van der Waals surface area contributed by atoms with Gasteiger partial charge in [0.25, 0.3) is 0 Å². The Kier molecular flexibility index (Phi) is 2.86. The zero-order chi connectivity index (χ0) is 10.8. The van der Waals surface area contributed by atoms with E-state index in [2.05, 4.69) is 29.3 Å². The summed E-state index contributed by atoms with van der Waals surface area (Å²) >= 11 is 1.71. The summed E-state index contributed by atoms with van der Waals surface area (Å²) < 4.78 is 1.93. The summed E-state index contributed by atoms with van der Waals surface area (Å²) in [7, 11) is 0. The zero-order valence-electron chi connectivity index (χ0n) is 9.27. The first kappa shape index (κ1) is 10.4. The van der Waals surface area contributed by atoms with E-state index in [1.54, 1.807) is 11.3 Å². The van der Waals surface area contributed by atoms with Gasteiger partial charge in [0.2, 0.25) is 0 Å². The van der Waals surface area contributed by atoms with Gasteiger partial charge in [0.1, 0.15) is 5.01 Å². The molecule has 2 aromatic heterocycles. The van der Waals surface area contributed by atoms with E-state index in [0.29, 0.717) is 5.92 Å². The molecule has 2 heterocycles. The molecule has 80 valence electrons. The van der Waals surface area contributed by atoms with Crippen LogP contribution in [-0.2, 0) is 6.54 Å². The third kappa shape index (κ3) is 2.45. The highest BCUT2D eigenvalue weighted by Crippen LogP contribution is 2.18. The lowest BCUT2D eigenvalue weighted by atomic mass is 10.2. The molecule has 0 aliphatic rings. The van der Waals surface area contributed by atoms with Gasteiger partial charge in [-0.15, -0.1) is 11.3 Å². The number of aryl methyl sites for hydroxylation is 1. The molecule has 0 amide bonds. The molecule has 0 aliphatic carbocycles. The lowest BCUT2D eigenvalue weighted by molar-refractivity contribution is 0.678. The first-order chi connectivity index (χ1) is 7.15. The molecule has 0 radical (unpaired) electrons. The molecule has 0 bridgehead atoms. The minimum Gasteiger partial charge on any atom is -0.266 e. The van der Waals surface area contributed by atoms with E-state index in [1.807, 2.05) is 24.0 Å². The number of nitrogens with zero attached hydrogens (tertiary/aromatic N) is 3. The Hall–Kier alpha value is -1.16. The van der Waals surface area contributed by atoms with E-state index in [9.17, 15) is 0 Å². The largest absolute Gasteiger partial charge is 0.266 e. The molecule has 0 spiro atoms. The van der Waals surface area contributed by atoms with E-state index in [0.717, 1.165) is 11.6 Å². The smallest absolute Gasteiger partial charge is 0.114 e. The third-order valence-electron chi connectivity index (χ3n) is 2.22. The van der Waals surface area contributed by atoms with Gasteiger partial charge in [-0.05, 0) is 18.4 Å². The topological polar surface area (TPSA) is 30.7 Å². The highest BCUT2D eigenvalue weighted by Gasteiger charge is 2.06. The van der Waals surface area contributed by atoms with Crippen molar-refractivity contribution in [3.63, 3.8) is 0 Å². The summed E-state index contributed by atoms with van der Waals surface area (Å²) in [6.45, 7) is 7.16. The van der Waals surface area contributed by atoms with E-state index in [-0.39, 0.29) is 0 Å². The second-order valence-corrected chi connectivity index (χ2v) is 4.98. The van der Waals surface area contributed by atoms with Crippen molar-refractivity contribution in [2.45, 2.75) is 33.2 Å². The fourth-order valence-corrected chi connectivity index (χ4v) is 2.30. The Balaban J connectivity index is 2.11. The summed E-state index contributed by atoms with van der Waals surface area (Å²) in [4.78, 5) is 4.57. The predicted molar refractivity (Wildman–Crippen MR) is 62.3 cm³/mol. The molecular weight excluding hydrogens is 206 g/mol. The summed E-state index contributed by atoms with van der Waals surface area (Å²) in [5.74, 6) is 0.509. The van der Waals surface area contributed by atoms with Crippen LogP contribution in [0.2, 0.25) is 0 Å². The van der Waals surface area contributed by atoms with Gasteiger partial charge in [-0.25, -0.2) is 4.98 Å². The van der Waals surface area contributed by atoms with Crippen LogP contribution in [0.4, 0.5) is 0 Å². The van der Waals surface area contributed by atoms with Gasteiger partial charge in [0.05, 0.1) is 18.4 Å². The second kappa shape index (κ2) is 4.14. The predicted octanol–water partition coefficient (Wildman–Crippen LogP) is 2.82. The number of rotatable bonds is 3. The Morgan fingerprint density at radius 2 is 2.27 bits per heavy atom. The van der Waals surface area contributed by atoms with Gasteiger partial charge in [0, 0.05) is 11.6 Å². The number of hydrogen-bond donors (Lipinski definition) is 0. The molecule has 3 nitrogen and oxygen atoms in total. The van der Waals surface area contributed by atoms with Gasteiger partial charge in [-0.1, -0.05) is 13.8 Å². The lowest BCUT2D eigenvalue weighted by Crippen LogP contribution is -1.99. The maximum absolute atomic E-state index is 4.57. The van der Waals surface area contributed by atoms with Gasteiger partial charge in [0.15, 0.2) is 0 Å². The number of thiazole rings is 1. The minimum absolute atomic E-state index is 0.509. The summed E-state index contributed by atoms with van der Waals surface area (Å²) in [6, 6.07) is 0. The summed E-state index contributed by atoms with van der Waals surface area (Å²) in [5, 5.41) is 7.51. The van der Waals surface area contributed by atoms with Crippen molar-refractivity contribution in [3.05, 3.63) is 34.0 Å². The normalized spacial score (nSPS) is 11.2. The van der Waals surface area contributed by atoms with E-state index < -0.39 is 0 Å². The molecule has 0 atom stereocenters. The molecule has 0 aromatic carbocycles.